The third kappa shape index (κ3) is 6.55. The molecule has 17 heteroatoms. The van der Waals surface area contributed by atoms with Crippen LogP contribution in [0.2, 0.25) is 0 Å². The van der Waals surface area contributed by atoms with Crippen LogP contribution in [-0.4, -0.2) is 117 Å². The van der Waals surface area contributed by atoms with E-state index < -0.39 is 35.5 Å². The van der Waals surface area contributed by atoms with Crippen LogP contribution in [-0.2, 0) is 19.8 Å². The van der Waals surface area contributed by atoms with Gasteiger partial charge in [-0.05, 0) is 60.5 Å². The van der Waals surface area contributed by atoms with Crippen LogP contribution in [0, 0.1) is 11.6 Å². The number of carbonyl (C=O) groups is 2. The van der Waals surface area contributed by atoms with E-state index in [9.17, 15) is 19.1 Å². The minimum atomic E-state index is -2.03. The zero-order valence-corrected chi connectivity index (χ0v) is 25.0. The van der Waals surface area contributed by atoms with Crippen molar-refractivity contribution in [3.8, 4) is 5.69 Å². The summed E-state index contributed by atoms with van der Waals surface area (Å²) in [5, 5.41) is 29.0. The van der Waals surface area contributed by atoms with Gasteiger partial charge in [0.15, 0.2) is 6.73 Å². The molecular formula is C29H33F2N9O6. The lowest BCUT2D eigenvalue weighted by molar-refractivity contribution is -0.0606. The third-order valence-electron chi connectivity index (χ3n) is 8.28. The summed E-state index contributed by atoms with van der Waals surface area (Å²) in [6.45, 7) is 2.51. The number of urea groups is 1. The molecule has 1 unspecified atom stereocenters. The first-order valence-electron chi connectivity index (χ1n) is 14.7. The molecule has 0 spiro atoms. The molecular weight excluding hydrogens is 608 g/mol. The first-order chi connectivity index (χ1) is 22.2. The molecule has 1 N–H and O–H groups in total. The number of ether oxygens (including phenoxy) is 3. The zero-order valence-electron chi connectivity index (χ0n) is 25.0. The number of hydrogen-bond acceptors (Lipinski definition) is 12. The van der Waals surface area contributed by atoms with Gasteiger partial charge in [-0.1, -0.05) is 6.07 Å². The maximum atomic E-state index is 15.3. The van der Waals surface area contributed by atoms with E-state index in [-0.39, 0.29) is 44.8 Å². The topological polar surface area (TPSA) is 151 Å². The molecule has 2 aromatic carbocycles. The normalized spacial score (nSPS) is 20.0. The van der Waals surface area contributed by atoms with E-state index >= 15 is 4.39 Å². The third-order valence-corrected chi connectivity index (χ3v) is 8.28. The molecule has 3 atom stereocenters. The predicted molar refractivity (Wildman–Crippen MR) is 156 cm³/mol. The summed E-state index contributed by atoms with van der Waals surface area (Å²) in [5.74, 6) is -1.77. The Morgan fingerprint density at radius 2 is 1.96 bits per heavy atom. The fourth-order valence-corrected chi connectivity index (χ4v) is 5.74. The number of benzene rings is 2. The summed E-state index contributed by atoms with van der Waals surface area (Å²) in [4.78, 5) is 30.3. The van der Waals surface area contributed by atoms with E-state index in [2.05, 4.69) is 20.6 Å². The molecule has 2 amide bonds. The van der Waals surface area contributed by atoms with Gasteiger partial charge in [-0.3, -0.25) is 9.91 Å². The van der Waals surface area contributed by atoms with Crippen molar-refractivity contribution >= 4 is 24.2 Å². The highest BCUT2D eigenvalue weighted by atomic mass is 19.1. The zero-order chi connectivity index (χ0) is 32.3. The fraction of sp³-hybridized carbons (Fsp3) is 0.448. The Morgan fingerprint density at radius 3 is 2.67 bits per heavy atom. The average Bonchev–Trinajstić information content (AvgIpc) is 3.87. The standard InChI is InChI=1S/C29H33F2N9O6/c1-20(38-10-11-39(27(38)41)22-5-7-23(8-6-22)40-16-32-34-35-40)29(43,25-9-4-21(30)13-26(25)31)15-37-18-36(17-33-37)19-46-28(42)45-14-24-3-2-12-44-24/h4-9,13,16-17,20,24,43H,2-3,10-12,14-15,18-19H2,1H3/t20-,24?,29-/m1/s1. The Kier molecular flexibility index (Phi) is 8.94. The smallest absolute Gasteiger partial charge is 0.431 e. The summed E-state index contributed by atoms with van der Waals surface area (Å²) >= 11 is 0. The molecule has 4 heterocycles. The average molecular weight is 642 g/mol. The molecule has 2 saturated heterocycles. The lowest BCUT2D eigenvalue weighted by atomic mass is 9.85. The SMILES string of the molecule is C[C@@H](N1CCN(c2ccc(-n3cnnn3)cc2)C1=O)[C@](O)(CN1CN(COC(=O)OCC2CCCO2)C=N1)c1ccc(F)cc1F. The largest absolute Gasteiger partial charge is 0.510 e. The molecule has 3 aromatic rings. The van der Waals surface area contributed by atoms with Crippen molar-refractivity contribution in [2.45, 2.75) is 37.5 Å². The number of anilines is 1. The Bertz CT molecular complexity index is 1560. The number of tetrazole rings is 1. The number of halogens is 2. The van der Waals surface area contributed by atoms with E-state index in [4.69, 9.17) is 14.2 Å². The molecule has 3 aliphatic rings. The van der Waals surface area contributed by atoms with Crippen molar-refractivity contribution < 1.29 is 37.7 Å². The van der Waals surface area contributed by atoms with Crippen LogP contribution in [0.15, 0.2) is 53.9 Å². The Morgan fingerprint density at radius 1 is 1.15 bits per heavy atom. The lowest BCUT2D eigenvalue weighted by Crippen LogP contribution is -2.55. The number of rotatable bonds is 11. The van der Waals surface area contributed by atoms with Crippen LogP contribution in [0.25, 0.3) is 5.69 Å². The van der Waals surface area contributed by atoms with Crippen molar-refractivity contribution in [1.29, 1.82) is 0 Å². The van der Waals surface area contributed by atoms with Crippen LogP contribution < -0.4 is 4.90 Å². The lowest BCUT2D eigenvalue weighted by Gasteiger charge is -2.41. The number of β-amino-alcohol motifs (C(OH)–C–C–N with tert-alkyl or cyclic N) is 1. The Hall–Kier alpha value is -4.90. The van der Waals surface area contributed by atoms with Gasteiger partial charge in [0.25, 0.3) is 0 Å². The molecule has 3 aliphatic heterocycles. The van der Waals surface area contributed by atoms with Crippen LogP contribution in [0.1, 0.15) is 25.3 Å². The van der Waals surface area contributed by atoms with E-state index in [1.165, 1.54) is 33.3 Å². The molecule has 0 bridgehead atoms. The second-order valence-electron chi connectivity index (χ2n) is 11.2. The van der Waals surface area contributed by atoms with Gasteiger partial charge in [-0.2, -0.15) is 5.10 Å². The highest BCUT2D eigenvalue weighted by Gasteiger charge is 2.47. The number of nitrogens with zero attached hydrogens (tertiary/aromatic N) is 9. The van der Waals surface area contributed by atoms with Gasteiger partial charge in [0.05, 0.1) is 24.4 Å². The summed E-state index contributed by atoms with van der Waals surface area (Å²) in [6.07, 6.45) is 3.59. The van der Waals surface area contributed by atoms with Crippen molar-refractivity contribution in [2.24, 2.45) is 5.10 Å². The van der Waals surface area contributed by atoms with E-state index in [1.807, 2.05) is 0 Å². The highest BCUT2D eigenvalue weighted by molar-refractivity contribution is 5.94. The second-order valence-corrected chi connectivity index (χ2v) is 11.2. The predicted octanol–water partition coefficient (Wildman–Crippen LogP) is 2.27. The highest BCUT2D eigenvalue weighted by Crippen LogP contribution is 2.35. The molecule has 2 fully saturated rings. The molecule has 244 valence electrons. The number of hydrazone groups is 1. The van der Waals surface area contributed by atoms with E-state index in [0.717, 1.165) is 18.9 Å². The summed E-state index contributed by atoms with van der Waals surface area (Å²) in [6, 6.07) is 8.57. The number of carbonyl (C=O) groups excluding carboxylic acids is 2. The number of aliphatic hydroxyl groups is 1. The maximum absolute atomic E-state index is 15.3. The van der Waals surface area contributed by atoms with Gasteiger partial charge in [-0.15, -0.1) is 5.10 Å². The van der Waals surface area contributed by atoms with Crippen LogP contribution in [0.5, 0.6) is 0 Å². The maximum Gasteiger partial charge on any atom is 0.510 e. The molecule has 1 aromatic heterocycles. The fourth-order valence-electron chi connectivity index (χ4n) is 5.74. The Balaban J connectivity index is 1.13. The molecule has 0 saturated carbocycles. The number of hydrogen-bond donors (Lipinski definition) is 1. The molecule has 0 aliphatic carbocycles. The van der Waals surface area contributed by atoms with Gasteiger partial charge in [-0.25, -0.2) is 23.1 Å². The monoisotopic (exact) mass is 641 g/mol. The number of aromatic nitrogens is 4. The minimum absolute atomic E-state index is 0.0740. The van der Waals surface area contributed by atoms with Crippen molar-refractivity contribution in [2.75, 3.05) is 51.1 Å². The Labute approximate surface area is 262 Å². The molecule has 15 nitrogen and oxygen atoms in total. The van der Waals surface area contributed by atoms with Crippen molar-refractivity contribution in [1.82, 2.24) is 35.0 Å². The molecule has 0 radical (unpaired) electrons. The summed E-state index contributed by atoms with van der Waals surface area (Å²) < 4.78 is 46.3. The van der Waals surface area contributed by atoms with Crippen LogP contribution in [0.3, 0.4) is 0 Å². The summed E-state index contributed by atoms with van der Waals surface area (Å²) in [5.41, 5.74) is -0.905. The number of amides is 2. The molecule has 6 rings (SSSR count). The summed E-state index contributed by atoms with van der Waals surface area (Å²) in [7, 11) is 0. The van der Waals surface area contributed by atoms with Gasteiger partial charge in [0.2, 0.25) is 0 Å². The quantitative estimate of drug-likeness (QED) is 0.307. The van der Waals surface area contributed by atoms with Gasteiger partial charge < -0.3 is 29.1 Å². The van der Waals surface area contributed by atoms with Crippen molar-refractivity contribution in [3.63, 3.8) is 0 Å². The second kappa shape index (κ2) is 13.2. The first-order valence-corrected chi connectivity index (χ1v) is 14.7. The van der Waals surface area contributed by atoms with Gasteiger partial charge >= 0.3 is 12.2 Å². The van der Waals surface area contributed by atoms with Crippen LogP contribution >= 0.6 is 0 Å². The van der Waals surface area contributed by atoms with Gasteiger partial charge in [0.1, 0.15) is 43.2 Å². The minimum Gasteiger partial charge on any atom is -0.431 e. The van der Waals surface area contributed by atoms with E-state index in [1.54, 1.807) is 41.0 Å². The van der Waals surface area contributed by atoms with E-state index in [0.29, 0.717) is 30.6 Å². The molecule has 46 heavy (non-hydrogen) atoms. The van der Waals surface area contributed by atoms with Crippen LogP contribution in [0.4, 0.5) is 24.1 Å². The van der Waals surface area contributed by atoms with Crippen molar-refractivity contribution in [3.05, 3.63) is 66.0 Å². The first kappa shape index (κ1) is 31.1. The van der Waals surface area contributed by atoms with Gasteiger partial charge in [0, 0.05) is 37.0 Å².